The van der Waals surface area contributed by atoms with E-state index < -0.39 is 60.4 Å². The van der Waals surface area contributed by atoms with Gasteiger partial charge in [-0.2, -0.15) is 0 Å². The fraction of sp³-hybridized carbons (Fsp3) is 0.320. The fourth-order valence-electron chi connectivity index (χ4n) is 3.86. The molecule has 1 saturated carbocycles. The van der Waals surface area contributed by atoms with Crippen molar-refractivity contribution in [1.82, 2.24) is 0 Å². The number of hydrogen-bond acceptors (Lipinski definition) is 12. The van der Waals surface area contributed by atoms with Gasteiger partial charge in [0.25, 0.3) is 0 Å². The van der Waals surface area contributed by atoms with Gasteiger partial charge in [0, 0.05) is 18.9 Å². The zero-order valence-corrected chi connectivity index (χ0v) is 19.9. The molecule has 1 aliphatic carbocycles. The van der Waals surface area contributed by atoms with Gasteiger partial charge in [0.2, 0.25) is 0 Å². The summed E-state index contributed by atoms with van der Waals surface area (Å²) in [6.07, 6.45) is -3.46. The Kier molecular flexibility index (Phi) is 8.25. The smallest absolute Gasteiger partial charge is 0.338 e. The minimum atomic E-state index is -2.23. The number of methoxy groups -OCH3 is 2. The Bertz CT molecular complexity index is 1210. The van der Waals surface area contributed by atoms with Crippen LogP contribution in [0.25, 0.3) is 6.08 Å². The van der Waals surface area contributed by atoms with E-state index in [4.69, 9.17) is 14.2 Å². The lowest BCUT2D eigenvalue weighted by atomic mass is 9.79. The van der Waals surface area contributed by atoms with E-state index in [0.29, 0.717) is 5.56 Å². The monoisotopic (exact) mass is 518 g/mol. The number of aliphatic hydroxyl groups excluding tert-OH is 1. The predicted octanol–water partition coefficient (Wildman–Crippen LogP) is 1.02. The van der Waals surface area contributed by atoms with Crippen LogP contribution >= 0.6 is 0 Å². The quantitative estimate of drug-likeness (QED) is 0.152. The second-order valence-corrected chi connectivity index (χ2v) is 8.31. The van der Waals surface area contributed by atoms with Crippen molar-refractivity contribution in [2.45, 2.75) is 36.8 Å². The van der Waals surface area contributed by atoms with Gasteiger partial charge in [-0.25, -0.2) is 14.4 Å². The molecule has 0 radical (unpaired) electrons. The summed E-state index contributed by atoms with van der Waals surface area (Å²) in [5.74, 6) is -4.00. The number of hydrogen-bond donors (Lipinski definition) is 5. The van der Waals surface area contributed by atoms with Crippen molar-refractivity contribution in [3.63, 3.8) is 0 Å². The number of aliphatic hydroxyl groups is 2. The van der Waals surface area contributed by atoms with Gasteiger partial charge < -0.3 is 44.5 Å². The number of phenols is 3. The van der Waals surface area contributed by atoms with Crippen molar-refractivity contribution in [3.8, 4) is 23.0 Å². The van der Waals surface area contributed by atoms with Gasteiger partial charge in [0.15, 0.2) is 34.7 Å². The molecule has 0 aliphatic heterocycles. The molecule has 0 amide bonds. The number of rotatable bonds is 7. The Morgan fingerprint density at radius 3 is 2.30 bits per heavy atom. The topological polar surface area (TPSA) is 189 Å². The van der Waals surface area contributed by atoms with Crippen molar-refractivity contribution in [2.24, 2.45) is 0 Å². The standard InChI is InChI=1S/C25H26O12/c1-34-19-10-14(5-7-16(19)27)23(31)37-22-18(29)11-25(33,24(32)35-2)12-20(22)36-21(30)8-4-13-3-6-15(26)17(28)9-13/h3-10,18,20,22,26-29,33H,11-12H2,1-2H3/t18-,20-,22-,25+/m0/s1. The molecule has 0 saturated heterocycles. The first-order valence-corrected chi connectivity index (χ1v) is 10.9. The Morgan fingerprint density at radius 2 is 1.65 bits per heavy atom. The average molecular weight is 518 g/mol. The number of aromatic hydroxyl groups is 3. The van der Waals surface area contributed by atoms with Crippen LogP contribution in [0.4, 0.5) is 0 Å². The number of esters is 3. The highest BCUT2D eigenvalue weighted by molar-refractivity contribution is 5.91. The number of carbonyl (C=O) groups excluding carboxylic acids is 3. The number of carbonyl (C=O) groups is 3. The van der Waals surface area contributed by atoms with Gasteiger partial charge in [-0.15, -0.1) is 0 Å². The minimum absolute atomic E-state index is 0.00732. The van der Waals surface area contributed by atoms with E-state index in [2.05, 4.69) is 4.74 Å². The highest BCUT2D eigenvalue weighted by atomic mass is 16.6. The molecule has 1 aliphatic rings. The van der Waals surface area contributed by atoms with Crippen molar-refractivity contribution in [1.29, 1.82) is 0 Å². The number of benzene rings is 2. The molecule has 0 aromatic heterocycles. The first-order chi connectivity index (χ1) is 17.5. The molecule has 37 heavy (non-hydrogen) atoms. The molecule has 198 valence electrons. The molecular formula is C25H26O12. The lowest BCUT2D eigenvalue weighted by Crippen LogP contribution is -2.58. The summed E-state index contributed by atoms with van der Waals surface area (Å²) in [5.41, 5.74) is -1.94. The van der Waals surface area contributed by atoms with Gasteiger partial charge in [-0.3, -0.25) is 0 Å². The Balaban J connectivity index is 1.83. The summed E-state index contributed by atoms with van der Waals surface area (Å²) in [6.45, 7) is 0. The lowest BCUT2D eigenvalue weighted by Gasteiger charge is -2.41. The lowest BCUT2D eigenvalue weighted by molar-refractivity contribution is -0.198. The highest BCUT2D eigenvalue weighted by Gasteiger charge is 2.53. The van der Waals surface area contributed by atoms with E-state index in [-0.39, 0.29) is 22.8 Å². The molecule has 0 spiro atoms. The maximum absolute atomic E-state index is 12.8. The van der Waals surface area contributed by atoms with E-state index in [1.165, 1.54) is 49.6 Å². The van der Waals surface area contributed by atoms with E-state index in [1.54, 1.807) is 0 Å². The summed E-state index contributed by atoms with van der Waals surface area (Å²) in [4.78, 5) is 37.5. The van der Waals surface area contributed by atoms with Gasteiger partial charge in [-0.1, -0.05) is 6.07 Å². The molecule has 0 unspecified atom stereocenters. The van der Waals surface area contributed by atoms with Gasteiger partial charge in [0.1, 0.15) is 6.10 Å². The van der Waals surface area contributed by atoms with Crippen molar-refractivity contribution in [2.75, 3.05) is 14.2 Å². The van der Waals surface area contributed by atoms with Crippen molar-refractivity contribution >= 4 is 24.0 Å². The molecule has 0 heterocycles. The van der Waals surface area contributed by atoms with Crippen LogP contribution in [0.15, 0.2) is 42.5 Å². The summed E-state index contributed by atoms with van der Waals surface area (Å²) < 4.78 is 20.3. The molecule has 5 N–H and O–H groups in total. The van der Waals surface area contributed by atoms with Crippen molar-refractivity contribution in [3.05, 3.63) is 53.6 Å². The van der Waals surface area contributed by atoms with Crippen LogP contribution < -0.4 is 4.74 Å². The molecule has 0 bridgehead atoms. The van der Waals surface area contributed by atoms with Crippen LogP contribution in [0, 0.1) is 0 Å². The zero-order chi connectivity index (χ0) is 27.3. The first-order valence-electron chi connectivity index (χ1n) is 10.9. The fourth-order valence-corrected chi connectivity index (χ4v) is 3.86. The van der Waals surface area contributed by atoms with Gasteiger partial charge >= 0.3 is 17.9 Å². The third-order valence-electron chi connectivity index (χ3n) is 5.73. The molecule has 2 aromatic carbocycles. The molecular weight excluding hydrogens is 492 g/mol. The van der Waals surface area contributed by atoms with Crippen LogP contribution in [-0.2, 0) is 23.8 Å². The largest absolute Gasteiger partial charge is 0.504 e. The van der Waals surface area contributed by atoms with E-state index >= 15 is 0 Å². The predicted molar refractivity (Wildman–Crippen MR) is 125 cm³/mol. The second kappa shape index (κ2) is 11.2. The van der Waals surface area contributed by atoms with Crippen LogP contribution in [0.2, 0.25) is 0 Å². The molecule has 3 rings (SSSR count). The second-order valence-electron chi connectivity index (χ2n) is 8.31. The highest BCUT2D eigenvalue weighted by Crippen LogP contribution is 2.35. The van der Waals surface area contributed by atoms with Gasteiger partial charge in [0.05, 0.1) is 25.9 Å². The SMILES string of the molecule is COC(=O)[C@]1(O)C[C@H](OC(=O)C=Cc2ccc(O)c(O)c2)[C@@H](OC(=O)c2ccc(O)c(OC)c2)[C@@H](O)C1. The first kappa shape index (κ1) is 27.3. The Morgan fingerprint density at radius 1 is 0.946 bits per heavy atom. The third-order valence-corrected chi connectivity index (χ3v) is 5.73. The van der Waals surface area contributed by atoms with Crippen LogP contribution in [-0.4, -0.2) is 81.6 Å². The third kappa shape index (κ3) is 6.29. The maximum Gasteiger partial charge on any atom is 0.338 e. The normalized spacial score (nSPS) is 23.3. The molecule has 1 fully saturated rings. The molecule has 2 aromatic rings. The van der Waals surface area contributed by atoms with Gasteiger partial charge in [-0.05, 0) is 42.0 Å². The van der Waals surface area contributed by atoms with E-state index in [0.717, 1.165) is 13.2 Å². The zero-order valence-electron chi connectivity index (χ0n) is 19.9. The summed E-state index contributed by atoms with van der Waals surface area (Å²) >= 11 is 0. The number of ether oxygens (including phenoxy) is 4. The average Bonchev–Trinajstić information content (AvgIpc) is 2.86. The van der Waals surface area contributed by atoms with Crippen LogP contribution in [0.1, 0.15) is 28.8 Å². The van der Waals surface area contributed by atoms with E-state index in [1.807, 2.05) is 0 Å². The Hall–Kier alpha value is -4.29. The van der Waals surface area contributed by atoms with E-state index in [9.17, 15) is 39.9 Å². The molecule has 12 nitrogen and oxygen atoms in total. The summed E-state index contributed by atoms with van der Waals surface area (Å²) in [6, 6.07) is 7.46. The Labute approximate surface area is 210 Å². The molecule has 12 heteroatoms. The summed E-state index contributed by atoms with van der Waals surface area (Å²) in [7, 11) is 2.32. The molecule has 4 atom stereocenters. The van der Waals surface area contributed by atoms with Crippen molar-refractivity contribution < 1.29 is 58.9 Å². The summed E-state index contributed by atoms with van der Waals surface area (Å²) in [5, 5.41) is 50.1. The number of phenolic OH excluding ortho intramolecular Hbond substituents is 3. The minimum Gasteiger partial charge on any atom is -0.504 e. The maximum atomic E-state index is 12.8. The van der Waals surface area contributed by atoms with Crippen LogP contribution in [0.5, 0.6) is 23.0 Å². The van der Waals surface area contributed by atoms with Crippen LogP contribution in [0.3, 0.4) is 0 Å².